The Labute approximate surface area is 206 Å². The van der Waals surface area contributed by atoms with Crippen molar-refractivity contribution in [2.24, 2.45) is 0 Å². The fourth-order valence-electron chi connectivity index (χ4n) is 3.54. The van der Waals surface area contributed by atoms with E-state index in [0.29, 0.717) is 45.1 Å². The van der Waals surface area contributed by atoms with Crippen molar-refractivity contribution in [2.75, 3.05) is 46.0 Å². The normalized spacial score (nSPS) is 15.2. The Morgan fingerprint density at radius 1 is 0.943 bits per heavy atom. The molecule has 10 nitrogen and oxygen atoms in total. The molecule has 12 heteroatoms. The maximum absolute atomic E-state index is 12.7. The van der Waals surface area contributed by atoms with Gasteiger partial charge in [-0.05, 0) is 42.0 Å². The minimum Gasteiger partial charge on any atom is -0.484 e. The molecule has 0 spiro atoms. The van der Waals surface area contributed by atoms with Gasteiger partial charge in [-0.2, -0.15) is 8.61 Å². The second kappa shape index (κ2) is 12.0. The van der Waals surface area contributed by atoms with Gasteiger partial charge in [0.15, 0.2) is 6.61 Å². The summed E-state index contributed by atoms with van der Waals surface area (Å²) < 4.78 is 63.8. The largest absolute Gasteiger partial charge is 0.484 e. The summed E-state index contributed by atoms with van der Waals surface area (Å²) in [6, 6.07) is 12.3. The summed E-state index contributed by atoms with van der Waals surface area (Å²) in [4.78, 5) is 12.5. The van der Waals surface area contributed by atoms with Gasteiger partial charge >= 0.3 is 0 Å². The zero-order valence-corrected chi connectivity index (χ0v) is 21.5. The van der Waals surface area contributed by atoms with Crippen molar-refractivity contribution in [3.63, 3.8) is 0 Å². The van der Waals surface area contributed by atoms with Gasteiger partial charge in [0.1, 0.15) is 5.75 Å². The molecule has 0 saturated carbocycles. The quantitative estimate of drug-likeness (QED) is 0.471. The molecule has 1 N–H and O–H groups in total. The average molecular weight is 526 g/mol. The summed E-state index contributed by atoms with van der Waals surface area (Å²) >= 11 is 0. The van der Waals surface area contributed by atoms with Crippen LogP contribution in [-0.4, -0.2) is 77.4 Å². The van der Waals surface area contributed by atoms with Crippen LogP contribution in [0, 0.1) is 0 Å². The number of benzene rings is 2. The smallest absolute Gasteiger partial charge is 0.258 e. The summed E-state index contributed by atoms with van der Waals surface area (Å²) in [5.41, 5.74) is 0.741. The maximum Gasteiger partial charge on any atom is 0.258 e. The van der Waals surface area contributed by atoms with Crippen molar-refractivity contribution in [2.45, 2.75) is 30.2 Å². The minimum absolute atomic E-state index is 0.164. The number of hydrogen-bond acceptors (Lipinski definition) is 7. The molecule has 1 fully saturated rings. The highest BCUT2D eigenvalue weighted by Crippen LogP contribution is 2.20. The summed E-state index contributed by atoms with van der Waals surface area (Å²) in [5, 5.41) is 2.71. The number of rotatable bonds is 11. The van der Waals surface area contributed by atoms with E-state index in [1.807, 2.05) is 0 Å². The molecule has 192 valence electrons. The molecule has 2 aromatic rings. The SMILES string of the molecule is CCN(CC)S(=O)(=O)c1ccc(OCC(=O)NCc2ccc(S(=O)(=O)N3CCOCC3)cc2)cc1. The Bertz CT molecular complexity index is 1190. The van der Waals surface area contributed by atoms with Crippen LogP contribution >= 0.6 is 0 Å². The van der Waals surface area contributed by atoms with Crippen LogP contribution in [0.15, 0.2) is 58.3 Å². The third kappa shape index (κ3) is 6.79. The van der Waals surface area contributed by atoms with Crippen molar-refractivity contribution >= 4 is 26.0 Å². The Morgan fingerprint density at radius 2 is 1.51 bits per heavy atom. The van der Waals surface area contributed by atoms with Crippen LogP contribution in [0.4, 0.5) is 0 Å². The topological polar surface area (TPSA) is 122 Å². The number of carbonyl (C=O) groups excluding carboxylic acids is 1. The van der Waals surface area contributed by atoms with E-state index in [1.54, 1.807) is 26.0 Å². The Kier molecular flexibility index (Phi) is 9.25. The van der Waals surface area contributed by atoms with Gasteiger partial charge in [-0.25, -0.2) is 16.8 Å². The zero-order valence-electron chi connectivity index (χ0n) is 19.8. The first-order valence-electron chi connectivity index (χ1n) is 11.3. The van der Waals surface area contributed by atoms with Crippen molar-refractivity contribution in [1.29, 1.82) is 0 Å². The molecule has 1 amide bonds. The lowest BCUT2D eigenvalue weighted by Crippen LogP contribution is -2.40. The molecule has 1 heterocycles. The van der Waals surface area contributed by atoms with Gasteiger partial charge in [-0.15, -0.1) is 0 Å². The fourth-order valence-corrected chi connectivity index (χ4v) is 6.40. The van der Waals surface area contributed by atoms with E-state index in [9.17, 15) is 21.6 Å². The van der Waals surface area contributed by atoms with E-state index in [0.717, 1.165) is 5.56 Å². The summed E-state index contributed by atoms with van der Waals surface area (Å²) in [6.07, 6.45) is 0. The summed E-state index contributed by atoms with van der Waals surface area (Å²) in [5.74, 6) is 0.00572. The van der Waals surface area contributed by atoms with Crippen molar-refractivity contribution in [3.8, 4) is 5.75 Å². The molecule has 2 aromatic carbocycles. The van der Waals surface area contributed by atoms with E-state index in [2.05, 4.69) is 5.32 Å². The number of nitrogens with one attached hydrogen (secondary N) is 1. The molecule has 1 aliphatic rings. The van der Waals surface area contributed by atoms with Crippen LogP contribution in [0.5, 0.6) is 5.75 Å². The molecule has 1 aliphatic heterocycles. The molecule has 35 heavy (non-hydrogen) atoms. The van der Waals surface area contributed by atoms with E-state index in [4.69, 9.17) is 9.47 Å². The van der Waals surface area contributed by atoms with Gasteiger partial charge in [0.25, 0.3) is 5.91 Å². The molecule has 0 unspecified atom stereocenters. The molecule has 3 rings (SSSR count). The van der Waals surface area contributed by atoms with Crippen molar-refractivity contribution < 1.29 is 31.1 Å². The first-order valence-corrected chi connectivity index (χ1v) is 14.2. The second-order valence-electron chi connectivity index (χ2n) is 7.79. The van der Waals surface area contributed by atoms with E-state index in [-0.39, 0.29) is 28.8 Å². The highest BCUT2D eigenvalue weighted by Gasteiger charge is 2.26. The van der Waals surface area contributed by atoms with E-state index >= 15 is 0 Å². The molecule has 0 aliphatic carbocycles. The number of morpholine rings is 1. The van der Waals surface area contributed by atoms with Gasteiger partial charge in [-0.3, -0.25) is 4.79 Å². The highest BCUT2D eigenvalue weighted by atomic mass is 32.2. The number of ether oxygens (including phenoxy) is 2. The molecule has 0 bridgehead atoms. The van der Waals surface area contributed by atoms with Crippen LogP contribution in [0.3, 0.4) is 0 Å². The van der Waals surface area contributed by atoms with Gasteiger partial charge in [0.05, 0.1) is 23.0 Å². The lowest BCUT2D eigenvalue weighted by Gasteiger charge is -2.26. The number of carbonyl (C=O) groups is 1. The summed E-state index contributed by atoms with van der Waals surface area (Å²) in [6.45, 7) is 5.69. The third-order valence-electron chi connectivity index (χ3n) is 5.56. The van der Waals surface area contributed by atoms with Crippen LogP contribution in [0.25, 0.3) is 0 Å². The predicted octanol–water partition coefficient (Wildman–Crippen LogP) is 1.43. The Morgan fingerprint density at radius 3 is 2.09 bits per heavy atom. The van der Waals surface area contributed by atoms with Crippen LogP contribution in [-0.2, 0) is 36.1 Å². The number of nitrogens with zero attached hydrogens (tertiary/aromatic N) is 2. The van der Waals surface area contributed by atoms with E-state index < -0.39 is 20.0 Å². The van der Waals surface area contributed by atoms with Crippen molar-refractivity contribution in [3.05, 3.63) is 54.1 Å². The Balaban J connectivity index is 1.49. The average Bonchev–Trinajstić information content (AvgIpc) is 2.88. The van der Waals surface area contributed by atoms with Gasteiger partial charge < -0.3 is 14.8 Å². The molecule has 0 atom stereocenters. The first-order chi connectivity index (χ1) is 16.7. The Hall–Kier alpha value is -2.51. The van der Waals surface area contributed by atoms with Gasteiger partial charge in [0, 0.05) is 32.7 Å². The van der Waals surface area contributed by atoms with Crippen molar-refractivity contribution in [1.82, 2.24) is 13.9 Å². The van der Waals surface area contributed by atoms with Crippen LogP contribution < -0.4 is 10.1 Å². The predicted molar refractivity (Wildman–Crippen MR) is 130 cm³/mol. The first kappa shape index (κ1) is 27.1. The molecule has 0 radical (unpaired) electrons. The lowest BCUT2D eigenvalue weighted by molar-refractivity contribution is -0.123. The number of amides is 1. The summed E-state index contributed by atoms with van der Waals surface area (Å²) in [7, 11) is -7.12. The number of sulfonamides is 2. The number of hydrogen-bond donors (Lipinski definition) is 1. The maximum atomic E-state index is 12.7. The van der Waals surface area contributed by atoms with Crippen LogP contribution in [0.1, 0.15) is 19.4 Å². The fraction of sp³-hybridized carbons (Fsp3) is 0.435. The van der Waals surface area contributed by atoms with Gasteiger partial charge in [-0.1, -0.05) is 26.0 Å². The zero-order chi connectivity index (χ0) is 25.5. The molecular weight excluding hydrogens is 494 g/mol. The lowest BCUT2D eigenvalue weighted by atomic mass is 10.2. The molecular formula is C23H31N3O7S2. The van der Waals surface area contributed by atoms with E-state index in [1.165, 1.54) is 45.0 Å². The minimum atomic E-state index is -3.56. The highest BCUT2D eigenvalue weighted by molar-refractivity contribution is 7.89. The standard InChI is InChI=1S/C23H31N3O7S2/c1-3-25(4-2)34(28,29)22-11-7-20(8-12-22)33-18-23(27)24-17-19-5-9-21(10-6-19)35(30,31)26-13-15-32-16-14-26/h5-12H,3-4,13-18H2,1-2H3,(H,24,27). The molecule has 1 saturated heterocycles. The van der Waals surface area contributed by atoms with Gasteiger partial charge in [0.2, 0.25) is 20.0 Å². The molecule has 0 aromatic heterocycles. The third-order valence-corrected chi connectivity index (χ3v) is 9.53. The second-order valence-corrected chi connectivity index (χ2v) is 11.7. The van der Waals surface area contributed by atoms with Crippen LogP contribution in [0.2, 0.25) is 0 Å². The monoisotopic (exact) mass is 525 g/mol.